The van der Waals surface area contributed by atoms with Crippen LogP contribution in [0.4, 0.5) is 0 Å². The van der Waals surface area contributed by atoms with Gasteiger partial charge in [0.05, 0.1) is 12.2 Å². The molecule has 0 unspecified atom stereocenters. The number of fused-ring (bicyclic) bond motifs is 1. The van der Waals surface area contributed by atoms with Gasteiger partial charge in [-0.3, -0.25) is 9.78 Å². The van der Waals surface area contributed by atoms with Crippen molar-refractivity contribution < 1.29 is 9.53 Å². The molecule has 1 aliphatic heterocycles. The Morgan fingerprint density at radius 3 is 2.78 bits per heavy atom. The van der Waals surface area contributed by atoms with E-state index in [0.717, 1.165) is 36.3 Å². The predicted octanol–water partition coefficient (Wildman–Crippen LogP) is 5.02. The number of unbranched alkanes of at least 4 members (excludes halogenated alkanes) is 5. The lowest BCUT2D eigenvalue weighted by Gasteiger charge is -2.24. The van der Waals surface area contributed by atoms with Gasteiger partial charge in [-0.25, -0.2) is 0 Å². The van der Waals surface area contributed by atoms with Crippen molar-refractivity contribution in [3.8, 4) is 5.75 Å². The van der Waals surface area contributed by atoms with Crippen LogP contribution in [0.3, 0.4) is 0 Å². The average molecular weight is 367 g/mol. The maximum Gasteiger partial charge on any atom is 0.257 e. The van der Waals surface area contributed by atoms with Gasteiger partial charge in [-0.05, 0) is 29.7 Å². The molecule has 4 nitrogen and oxygen atoms in total. The number of para-hydroxylation sites is 1. The Balaban J connectivity index is 1.69. The smallest absolute Gasteiger partial charge is 0.257 e. The monoisotopic (exact) mass is 366 g/mol. The molecular formula is C23H30N2O2. The fraction of sp³-hybridized carbons (Fsp3) is 0.478. The first-order valence-corrected chi connectivity index (χ1v) is 10.2. The third-order valence-corrected chi connectivity index (χ3v) is 5.11. The Morgan fingerprint density at radius 1 is 1.11 bits per heavy atom. The summed E-state index contributed by atoms with van der Waals surface area (Å²) in [5.74, 6) is 0.841. The lowest BCUT2D eigenvalue weighted by molar-refractivity contribution is 0.0736. The van der Waals surface area contributed by atoms with Crippen LogP contribution in [0.25, 0.3) is 0 Å². The highest BCUT2D eigenvalue weighted by Crippen LogP contribution is 2.30. The molecule has 3 rings (SSSR count). The summed E-state index contributed by atoms with van der Waals surface area (Å²) in [5.41, 5.74) is 2.90. The molecule has 0 bridgehead atoms. The van der Waals surface area contributed by atoms with Crippen LogP contribution in [-0.2, 0) is 13.0 Å². The summed E-state index contributed by atoms with van der Waals surface area (Å²) < 4.78 is 5.76. The standard InChI is InChI=1S/C23H30N2O2/c1-2-3-4-5-6-7-15-25(18-19-10-9-14-24-17-19)23(26)21-12-8-11-20-13-16-27-22(20)21/h8-12,14,17H,2-7,13,15-16,18H2,1H3. The predicted molar refractivity (Wildman–Crippen MR) is 108 cm³/mol. The molecule has 0 saturated heterocycles. The number of amides is 1. The molecule has 0 spiro atoms. The molecule has 1 aliphatic rings. The van der Waals surface area contributed by atoms with E-state index >= 15 is 0 Å². The van der Waals surface area contributed by atoms with E-state index in [1.165, 1.54) is 32.1 Å². The zero-order chi connectivity index (χ0) is 18.9. The maximum atomic E-state index is 13.3. The van der Waals surface area contributed by atoms with E-state index in [-0.39, 0.29) is 5.91 Å². The summed E-state index contributed by atoms with van der Waals surface area (Å²) in [4.78, 5) is 19.4. The number of rotatable bonds is 10. The van der Waals surface area contributed by atoms with Crippen molar-refractivity contribution in [2.45, 2.75) is 58.4 Å². The minimum Gasteiger partial charge on any atom is -0.492 e. The van der Waals surface area contributed by atoms with E-state index < -0.39 is 0 Å². The Hall–Kier alpha value is -2.36. The number of nitrogens with zero attached hydrogens (tertiary/aromatic N) is 2. The third kappa shape index (κ3) is 5.31. The van der Waals surface area contributed by atoms with Crippen molar-refractivity contribution in [2.75, 3.05) is 13.2 Å². The van der Waals surface area contributed by atoms with Crippen molar-refractivity contribution in [2.24, 2.45) is 0 Å². The molecular weight excluding hydrogens is 336 g/mol. The quantitative estimate of drug-likeness (QED) is 0.555. The van der Waals surface area contributed by atoms with Crippen molar-refractivity contribution in [3.05, 3.63) is 59.4 Å². The number of hydrogen-bond donors (Lipinski definition) is 0. The second kappa shape index (κ2) is 10.1. The van der Waals surface area contributed by atoms with Gasteiger partial charge < -0.3 is 9.64 Å². The second-order valence-electron chi connectivity index (χ2n) is 7.25. The zero-order valence-corrected chi connectivity index (χ0v) is 16.3. The van der Waals surface area contributed by atoms with Crippen LogP contribution in [0.2, 0.25) is 0 Å². The summed E-state index contributed by atoms with van der Waals surface area (Å²) in [6.07, 6.45) is 11.8. The largest absolute Gasteiger partial charge is 0.492 e. The van der Waals surface area contributed by atoms with E-state index in [2.05, 4.69) is 18.0 Å². The van der Waals surface area contributed by atoms with Gasteiger partial charge in [-0.1, -0.05) is 57.2 Å². The van der Waals surface area contributed by atoms with Gasteiger partial charge in [0.15, 0.2) is 0 Å². The van der Waals surface area contributed by atoms with Crippen molar-refractivity contribution in [1.29, 1.82) is 0 Å². The molecule has 0 N–H and O–H groups in total. The van der Waals surface area contributed by atoms with Gasteiger partial charge in [0.25, 0.3) is 5.91 Å². The fourth-order valence-corrected chi connectivity index (χ4v) is 3.60. The highest BCUT2D eigenvalue weighted by atomic mass is 16.5. The molecule has 2 heterocycles. The van der Waals surface area contributed by atoms with Gasteiger partial charge in [0.1, 0.15) is 5.75 Å². The first kappa shape index (κ1) is 19.4. The highest BCUT2D eigenvalue weighted by Gasteiger charge is 2.24. The third-order valence-electron chi connectivity index (χ3n) is 5.11. The maximum absolute atomic E-state index is 13.3. The number of carbonyl (C=O) groups is 1. The lowest BCUT2D eigenvalue weighted by atomic mass is 10.1. The average Bonchev–Trinajstić information content (AvgIpc) is 3.19. The number of ether oxygens (including phenoxy) is 1. The van der Waals surface area contributed by atoms with Crippen LogP contribution in [0.5, 0.6) is 5.75 Å². The number of aromatic nitrogens is 1. The van der Waals surface area contributed by atoms with Crippen molar-refractivity contribution in [1.82, 2.24) is 9.88 Å². The molecule has 144 valence electrons. The topological polar surface area (TPSA) is 42.4 Å². The van der Waals surface area contributed by atoms with E-state index in [0.29, 0.717) is 18.7 Å². The van der Waals surface area contributed by atoms with Crippen LogP contribution in [0, 0.1) is 0 Å². The molecule has 0 atom stereocenters. The molecule has 1 amide bonds. The molecule has 1 aromatic carbocycles. The lowest BCUT2D eigenvalue weighted by Crippen LogP contribution is -2.32. The Morgan fingerprint density at radius 2 is 1.96 bits per heavy atom. The Labute approximate surface area is 162 Å². The first-order chi connectivity index (χ1) is 13.3. The van der Waals surface area contributed by atoms with Crippen LogP contribution < -0.4 is 4.74 Å². The molecule has 2 aromatic rings. The fourth-order valence-electron chi connectivity index (χ4n) is 3.60. The minimum absolute atomic E-state index is 0.0613. The number of benzene rings is 1. The number of hydrogen-bond acceptors (Lipinski definition) is 3. The Bertz CT molecular complexity index is 730. The second-order valence-corrected chi connectivity index (χ2v) is 7.25. The normalized spacial score (nSPS) is 12.5. The van der Waals surface area contributed by atoms with Crippen molar-refractivity contribution >= 4 is 5.91 Å². The zero-order valence-electron chi connectivity index (χ0n) is 16.3. The van der Waals surface area contributed by atoms with E-state index in [1.54, 1.807) is 6.20 Å². The molecule has 0 aliphatic carbocycles. The van der Waals surface area contributed by atoms with Gasteiger partial charge in [-0.15, -0.1) is 0 Å². The molecule has 27 heavy (non-hydrogen) atoms. The number of pyridine rings is 1. The minimum atomic E-state index is 0.0613. The summed E-state index contributed by atoms with van der Waals surface area (Å²) in [6, 6.07) is 9.86. The first-order valence-electron chi connectivity index (χ1n) is 10.2. The molecule has 0 radical (unpaired) electrons. The summed E-state index contributed by atoms with van der Waals surface area (Å²) in [5, 5.41) is 0. The molecule has 1 aromatic heterocycles. The summed E-state index contributed by atoms with van der Waals surface area (Å²) in [6.45, 7) is 4.25. The van der Waals surface area contributed by atoms with Gasteiger partial charge in [0.2, 0.25) is 0 Å². The molecule has 0 fully saturated rings. The van der Waals surface area contributed by atoms with Crippen LogP contribution >= 0.6 is 0 Å². The van der Waals surface area contributed by atoms with Gasteiger partial charge >= 0.3 is 0 Å². The van der Waals surface area contributed by atoms with Gasteiger partial charge in [0, 0.05) is 31.9 Å². The van der Waals surface area contributed by atoms with E-state index in [9.17, 15) is 4.79 Å². The van der Waals surface area contributed by atoms with E-state index in [4.69, 9.17) is 4.74 Å². The highest BCUT2D eigenvalue weighted by molar-refractivity contribution is 5.97. The van der Waals surface area contributed by atoms with Crippen LogP contribution in [0.1, 0.15) is 66.9 Å². The van der Waals surface area contributed by atoms with Crippen LogP contribution in [0.15, 0.2) is 42.7 Å². The van der Waals surface area contributed by atoms with Gasteiger partial charge in [-0.2, -0.15) is 0 Å². The van der Waals surface area contributed by atoms with Crippen molar-refractivity contribution in [3.63, 3.8) is 0 Å². The summed E-state index contributed by atoms with van der Waals surface area (Å²) in [7, 11) is 0. The molecule has 4 heteroatoms. The SMILES string of the molecule is CCCCCCCCN(Cc1cccnc1)C(=O)c1cccc2c1OCC2. The summed E-state index contributed by atoms with van der Waals surface area (Å²) >= 11 is 0. The van der Waals surface area contributed by atoms with E-state index in [1.807, 2.05) is 35.4 Å². The number of carbonyl (C=O) groups excluding carboxylic acids is 1. The Kier molecular flexibility index (Phi) is 7.26. The van der Waals surface area contributed by atoms with Crippen LogP contribution in [-0.4, -0.2) is 28.9 Å². The molecule has 0 saturated carbocycles.